The number of rotatable bonds is 29. The third-order valence-electron chi connectivity index (χ3n) is 13.6. The van der Waals surface area contributed by atoms with Crippen molar-refractivity contribution >= 4 is 36.1 Å². The Balaban J connectivity index is 0.834. The minimum atomic E-state index is -0.760. The maximum atomic E-state index is 13.8. The van der Waals surface area contributed by atoms with E-state index >= 15 is 0 Å². The Labute approximate surface area is 518 Å². The van der Waals surface area contributed by atoms with Crippen LogP contribution in [0.25, 0.3) is 18.2 Å². The molecule has 0 fully saturated rings. The highest BCUT2D eigenvalue weighted by molar-refractivity contribution is 5.91. The number of benzene rings is 10. The molecule has 0 N–H and O–H groups in total. The lowest BCUT2D eigenvalue weighted by molar-refractivity contribution is -0.137. The van der Waals surface area contributed by atoms with E-state index in [1.54, 1.807) is 66.8 Å². The van der Waals surface area contributed by atoms with Crippen LogP contribution in [0.5, 0.6) is 46.0 Å². The molecule has 0 heterocycles. The van der Waals surface area contributed by atoms with E-state index in [4.69, 9.17) is 42.6 Å². The quantitative estimate of drug-likeness (QED) is 0.0251. The first-order valence-electron chi connectivity index (χ1n) is 29.0. The normalized spacial score (nSPS) is 11.1. The van der Waals surface area contributed by atoms with E-state index in [0.29, 0.717) is 89.8 Å². The second-order valence-electron chi connectivity index (χ2n) is 20.3. The molecule has 12 heteroatoms. The van der Waals surface area contributed by atoms with Crippen LogP contribution in [0.2, 0.25) is 0 Å². The molecule has 0 saturated carbocycles. The molecule has 0 unspecified atom stereocenters. The molecule has 10 rings (SSSR count). The zero-order chi connectivity index (χ0) is 61.1. The lowest BCUT2D eigenvalue weighted by atomic mass is 10.1. The van der Waals surface area contributed by atoms with Gasteiger partial charge in [0.15, 0.2) is 46.0 Å². The highest BCUT2D eigenvalue weighted by atomic mass is 16.6. The molecule has 89 heavy (non-hydrogen) atoms. The van der Waals surface area contributed by atoms with Gasteiger partial charge in [-0.15, -0.1) is 0 Å². The molecule has 0 aromatic heterocycles. The summed E-state index contributed by atoms with van der Waals surface area (Å²) in [6, 6.07) is 79.8. The number of carbonyl (C=O) groups excluding carboxylic acids is 3. The van der Waals surface area contributed by atoms with Crippen molar-refractivity contribution in [2.24, 2.45) is 0 Å². The van der Waals surface area contributed by atoms with Gasteiger partial charge in [0.05, 0.1) is 6.61 Å². The third kappa shape index (κ3) is 19.6. The summed E-state index contributed by atoms with van der Waals surface area (Å²) in [5.74, 6) is 0.945. The van der Waals surface area contributed by atoms with Gasteiger partial charge >= 0.3 is 17.9 Å². The molecule has 0 amide bonds. The smallest absolute Gasteiger partial charge is 0.336 e. The van der Waals surface area contributed by atoms with Gasteiger partial charge in [-0.05, 0) is 122 Å². The number of hydrogen-bond acceptors (Lipinski definition) is 12. The molecule has 0 aliphatic carbocycles. The molecule has 10 aromatic rings. The minimum absolute atomic E-state index is 0.0249. The Morgan fingerprint density at radius 3 is 0.865 bits per heavy atom. The molecule has 0 atom stereocenters. The monoisotopic (exact) mass is 1180 g/mol. The maximum Gasteiger partial charge on any atom is 0.336 e. The van der Waals surface area contributed by atoms with Gasteiger partial charge in [-0.1, -0.05) is 206 Å². The van der Waals surface area contributed by atoms with E-state index in [9.17, 15) is 14.4 Å². The highest BCUT2D eigenvalue weighted by Crippen LogP contribution is 2.35. The maximum absolute atomic E-state index is 13.8. The Hall–Kier alpha value is -11.4. The predicted molar refractivity (Wildman–Crippen MR) is 343 cm³/mol. The first kappa shape index (κ1) is 60.7. The first-order chi connectivity index (χ1) is 43.8. The summed E-state index contributed by atoms with van der Waals surface area (Å²) < 4.78 is 54.8. The minimum Gasteiger partial charge on any atom is -0.485 e. The molecule has 0 bridgehead atoms. The Bertz CT molecular complexity index is 3980. The van der Waals surface area contributed by atoms with Gasteiger partial charge in [-0.3, -0.25) is 0 Å². The first-order valence-corrected chi connectivity index (χ1v) is 29.0. The molecule has 12 nitrogen and oxygen atoms in total. The standard InChI is InChI=1S/C77H64O12/c78-75(42-35-57-31-38-67(82-51-61-19-7-1-8-20-61)71(47-57)85-54-64-25-13-4-14-26-64)81-46-45-60-34-41-70(88-76(79)43-36-58-32-39-68(83-52-62-21-9-2-10-22-62)72(48-58)86-55-65-27-15-5-16-28-65)74(50-60)89-77(80)44-37-59-33-40-69(84-53-63-23-11-3-12-24-63)73(49-59)87-56-66-29-17-6-18-30-66/h1-44,47-50H,45-46,51-56H2/b42-35+,43-36+,44-37+. The molecule has 444 valence electrons. The van der Waals surface area contributed by atoms with E-state index in [-0.39, 0.29) is 31.1 Å². The van der Waals surface area contributed by atoms with E-state index in [2.05, 4.69) is 0 Å². The van der Waals surface area contributed by atoms with Gasteiger partial charge in [-0.25, -0.2) is 14.4 Å². The number of hydrogen-bond donors (Lipinski definition) is 0. The summed E-state index contributed by atoms with van der Waals surface area (Å²) in [6.07, 6.45) is 8.92. The van der Waals surface area contributed by atoms with E-state index in [1.807, 2.05) is 200 Å². The van der Waals surface area contributed by atoms with Crippen LogP contribution in [-0.2, 0) is 65.2 Å². The van der Waals surface area contributed by atoms with Crippen molar-refractivity contribution in [2.75, 3.05) is 6.61 Å². The summed E-state index contributed by atoms with van der Waals surface area (Å²) in [5.41, 5.74) is 8.51. The van der Waals surface area contributed by atoms with Crippen molar-refractivity contribution < 1.29 is 57.0 Å². The Morgan fingerprint density at radius 2 is 0.539 bits per heavy atom. The summed E-state index contributed by atoms with van der Waals surface area (Å²) in [6.45, 7) is 1.87. The average molecular weight is 1180 g/mol. The summed E-state index contributed by atoms with van der Waals surface area (Å²) in [4.78, 5) is 40.6. The fourth-order valence-corrected chi connectivity index (χ4v) is 8.96. The zero-order valence-electron chi connectivity index (χ0n) is 48.8. The van der Waals surface area contributed by atoms with Crippen molar-refractivity contribution in [3.05, 3.63) is 329 Å². The van der Waals surface area contributed by atoms with Crippen molar-refractivity contribution in [3.63, 3.8) is 0 Å². The topological polar surface area (TPSA) is 134 Å². The Kier molecular flexibility index (Phi) is 22.0. The summed E-state index contributed by atoms with van der Waals surface area (Å²) in [7, 11) is 0. The van der Waals surface area contributed by atoms with Crippen molar-refractivity contribution in [1.82, 2.24) is 0 Å². The largest absolute Gasteiger partial charge is 0.485 e. The molecule has 0 spiro atoms. The lowest BCUT2D eigenvalue weighted by Crippen LogP contribution is -2.10. The van der Waals surface area contributed by atoms with Crippen LogP contribution in [-0.4, -0.2) is 24.5 Å². The van der Waals surface area contributed by atoms with Crippen molar-refractivity contribution in [1.29, 1.82) is 0 Å². The number of esters is 3. The second-order valence-corrected chi connectivity index (χ2v) is 20.3. The average Bonchev–Trinajstić information content (AvgIpc) is 3.04. The Morgan fingerprint density at radius 1 is 0.258 bits per heavy atom. The van der Waals surface area contributed by atoms with Gasteiger partial charge in [0, 0.05) is 24.6 Å². The third-order valence-corrected chi connectivity index (χ3v) is 13.6. The molecule has 0 saturated heterocycles. The molecular formula is C77H64O12. The lowest BCUT2D eigenvalue weighted by Gasteiger charge is -2.14. The summed E-state index contributed by atoms with van der Waals surface area (Å²) in [5, 5.41) is 0. The van der Waals surface area contributed by atoms with Crippen molar-refractivity contribution in [3.8, 4) is 46.0 Å². The van der Waals surface area contributed by atoms with Crippen LogP contribution in [0.3, 0.4) is 0 Å². The van der Waals surface area contributed by atoms with Gasteiger partial charge in [-0.2, -0.15) is 0 Å². The molecule has 0 aliphatic heterocycles. The molecule has 0 aliphatic rings. The van der Waals surface area contributed by atoms with Crippen LogP contribution in [0, 0.1) is 0 Å². The van der Waals surface area contributed by atoms with E-state index in [1.165, 1.54) is 24.3 Å². The zero-order valence-corrected chi connectivity index (χ0v) is 48.8. The van der Waals surface area contributed by atoms with E-state index in [0.717, 1.165) is 33.4 Å². The van der Waals surface area contributed by atoms with Crippen LogP contribution in [0.4, 0.5) is 0 Å². The fraction of sp³-hybridized carbons (Fsp3) is 0.104. The number of ether oxygens (including phenoxy) is 9. The fourth-order valence-electron chi connectivity index (χ4n) is 8.96. The van der Waals surface area contributed by atoms with Crippen LogP contribution >= 0.6 is 0 Å². The van der Waals surface area contributed by atoms with Crippen LogP contribution in [0.15, 0.2) is 273 Å². The van der Waals surface area contributed by atoms with E-state index < -0.39 is 17.9 Å². The highest BCUT2D eigenvalue weighted by Gasteiger charge is 2.16. The van der Waals surface area contributed by atoms with Gasteiger partial charge in [0.25, 0.3) is 0 Å². The van der Waals surface area contributed by atoms with Gasteiger partial charge in [0.1, 0.15) is 39.6 Å². The number of carbonyl (C=O) groups is 3. The summed E-state index contributed by atoms with van der Waals surface area (Å²) >= 11 is 0. The molecule has 10 aromatic carbocycles. The SMILES string of the molecule is O=C(/C=C/c1ccc(OCc2ccccc2)c(OCc2ccccc2)c1)OCCc1ccc(OC(=O)/C=C/c2ccc(OCc3ccccc3)c(OCc3ccccc3)c2)c(OC(=O)/C=C/c2ccc(OCc3ccccc3)c(OCc3ccccc3)c2)c1. The second kappa shape index (κ2) is 32.2. The molecule has 0 radical (unpaired) electrons. The molecular weight excluding hydrogens is 1120 g/mol. The van der Waals surface area contributed by atoms with Crippen LogP contribution in [0.1, 0.15) is 55.6 Å². The van der Waals surface area contributed by atoms with Gasteiger partial charge in [0.2, 0.25) is 0 Å². The van der Waals surface area contributed by atoms with Crippen molar-refractivity contribution in [2.45, 2.75) is 46.1 Å². The van der Waals surface area contributed by atoms with Crippen LogP contribution < -0.4 is 37.9 Å². The van der Waals surface area contributed by atoms with Gasteiger partial charge < -0.3 is 42.6 Å². The predicted octanol–water partition coefficient (Wildman–Crippen LogP) is 16.2.